The predicted molar refractivity (Wildman–Crippen MR) is 63.6 cm³/mol. The molecule has 0 spiro atoms. The van der Waals surface area contributed by atoms with Gasteiger partial charge in [-0.2, -0.15) is 0 Å². The Hall–Kier alpha value is -0.450. The maximum atomic E-state index is 13.1. The molecule has 0 aliphatic heterocycles. The topological polar surface area (TPSA) is 38.0 Å². The fourth-order valence-electron chi connectivity index (χ4n) is 1.54. The minimum Gasteiger partial charge on any atom is -0.271 e. The van der Waals surface area contributed by atoms with Crippen molar-refractivity contribution in [2.75, 3.05) is 0 Å². The normalized spacial score (nSPS) is 14.0. The summed E-state index contributed by atoms with van der Waals surface area (Å²) in [6.07, 6.45) is 0. The van der Waals surface area contributed by atoms with Gasteiger partial charge in [-0.05, 0) is 29.2 Å². The molecule has 0 radical (unpaired) electrons. The molecule has 1 atom stereocenters. The molecule has 0 bridgehead atoms. The first-order valence-electron chi connectivity index (χ1n) is 4.77. The van der Waals surface area contributed by atoms with E-state index in [0.717, 1.165) is 10.0 Å². The molecule has 0 heterocycles. The van der Waals surface area contributed by atoms with Gasteiger partial charge in [0.15, 0.2) is 0 Å². The number of hydrazine groups is 1. The van der Waals surface area contributed by atoms with E-state index >= 15 is 0 Å². The monoisotopic (exact) mass is 274 g/mol. The SMILES string of the molecule is CC(C)(C)C(NN)c1cc(F)ccc1Br. The van der Waals surface area contributed by atoms with Gasteiger partial charge in [-0.3, -0.25) is 11.3 Å². The van der Waals surface area contributed by atoms with E-state index in [1.165, 1.54) is 12.1 Å². The van der Waals surface area contributed by atoms with Crippen molar-refractivity contribution in [2.45, 2.75) is 26.8 Å². The molecule has 0 fully saturated rings. The van der Waals surface area contributed by atoms with Crippen LogP contribution in [0.25, 0.3) is 0 Å². The van der Waals surface area contributed by atoms with Crippen LogP contribution in [0.15, 0.2) is 22.7 Å². The summed E-state index contributed by atoms with van der Waals surface area (Å²) in [4.78, 5) is 0. The van der Waals surface area contributed by atoms with Crippen LogP contribution in [0, 0.1) is 11.2 Å². The van der Waals surface area contributed by atoms with Crippen LogP contribution in [-0.4, -0.2) is 0 Å². The number of hydrogen-bond donors (Lipinski definition) is 2. The van der Waals surface area contributed by atoms with Gasteiger partial charge < -0.3 is 0 Å². The van der Waals surface area contributed by atoms with Gasteiger partial charge in [-0.25, -0.2) is 4.39 Å². The standard InChI is InChI=1S/C11H16BrFN2/c1-11(2,3)10(15-14)8-6-7(13)4-5-9(8)12/h4-6,10,15H,14H2,1-3H3. The van der Waals surface area contributed by atoms with Crippen LogP contribution in [0.3, 0.4) is 0 Å². The smallest absolute Gasteiger partial charge is 0.123 e. The minimum atomic E-state index is -0.252. The van der Waals surface area contributed by atoms with E-state index in [1.54, 1.807) is 6.07 Å². The molecule has 0 amide bonds. The third-order valence-electron chi connectivity index (χ3n) is 2.30. The lowest BCUT2D eigenvalue weighted by Gasteiger charge is -2.31. The van der Waals surface area contributed by atoms with Crippen molar-refractivity contribution in [3.05, 3.63) is 34.1 Å². The zero-order valence-corrected chi connectivity index (χ0v) is 10.7. The quantitative estimate of drug-likeness (QED) is 0.642. The molecule has 0 aliphatic carbocycles. The molecule has 4 heteroatoms. The van der Waals surface area contributed by atoms with Crippen molar-refractivity contribution in [3.63, 3.8) is 0 Å². The Morgan fingerprint density at radius 2 is 2.00 bits per heavy atom. The Morgan fingerprint density at radius 3 is 2.47 bits per heavy atom. The van der Waals surface area contributed by atoms with Crippen molar-refractivity contribution >= 4 is 15.9 Å². The Labute approximate surface area is 98.1 Å². The van der Waals surface area contributed by atoms with Crippen molar-refractivity contribution in [1.29, 1.82) is 0 Å². The zero-order valence-electron chi connectivity index (χ0n) is 9.14. The van der Waals surface area contributed by atoms with E-state index in [2.05, 4.69) is 42.1 Å². The third-order valence-corrected chi connectivity index (χ3v) is 3.02. The highest BCUT2D eigenvalue weighted by Crippen LogP contribution is 2.35. The molecule has 1 aromatic rings. The predicted octanol–water partition coefficient (Wildman–Crippen LogP) is 3.14. The van der Waals surface area contributed by atoms with Crippen molar-refractivity contribution in [1.82, 2.24) is 5.43 Å². The third kappa shape index (κ3) is 3.00. The van der Waals surface area contributed by atoms with E-state index in [4.69, 9.17) is 5.84 Å². The van der Waals surface area contributed by atoms with Crippen molar-refractivity contribution in [3.8, 4) is 0 Å². The summed E-state index contributed by atoms with van der Waals surface area (Å²) in [7, 11) is 0. The minimum absolute atomic E-state index is 0.0783. The highest BCUT2D eigenvalue weighted by atomic mass is 79.9. The summed E-state index contributed by atoms with van der Waals surface area (Å²) in [5, 5.41) is 0. The van der Waals surface area contributed by atoms with Crippen LogP contribution in [0.5, 0.6) is 0 Å². The zero-order chi connectivity index (χ0) is 11.6. The Balaban J connectivity index is 3.18. The summed E-state index contributed by atoms with van der Waals surface area (Å²) < 4.78 is 14.0. The fraction of sp³-hybridized carbons (Fsp3) is 0.455. The Kier molecular flexibility index (Phi) is 3.87. The number of rotatable bonds is 2. The average molecular weight is 275 g/mol. The summed E-state index contributed by atoms with van der Waals surface area (Å²) >= 11 is 3.40. The van der Waals surface area contributed by atoms with Gasteiger partial charge in [0, 0.05) is 4.47 Å². The maximum absolute atomic E-state index is 13.1. The molecule has 1 aromatic carbocycles. The number of hydrogen-bond acceptors (Lipinski definition) is 2. The van der Waals surface area contributed by atoms with Gasteiger partial charge in [0.25, 0.3) is 0 Å². The molecule has 0 saturated carbocycles. The molecule has 0 aliphatic rings. The molecule has 3 N–H and O–H groups in total. The summed E-state index contributed by atoms with van der Waals surface area (Å²) in [5.74, 6) is 5.26. The summed E-state index contributed by atoms with van der Waals surface area (Å²) in [5.41, 5.74) is 3.49. The van der Waals surface area contributed by atoms with E-state index in [9.17, 15) is 4.39 Å². The number of nitrogens with one attached hydrogen (secondary N) is 1. The van der Waals surface area contributed by atoms with Gasteiger partial charge >= 0.3 is 0 Å². The first kappa shape index (κ1) is 12.6. The van der Waals surface area contributed by atoms with E-state index in [0.29, 0.717) is 0 Å². The largest absolute Gasteiger partial charge is 0.271 e. The van der Waals surface area contributed by atoms with Crippen LogP contribution in [0.2, 0.25) is 0 Å². The number of benzene rings is 1. The van der Waals surface area contributed by atoms with Crippen LogP contribution >= 0.6 is 15.9 Å². The number of nitrogens with two attached hydrogens (primary N) is 1. The fourth-order valence-corrected chi connectivity index (χ4v) is 2.02. The second-order valence-corrected chi connectivity index (χ2v) is 5.49. The first-order valence-corrected chi connectivity index (χ1v) is 5.56. The lowest BCUT2D eigenvalue weighted by atomic mass is 9.83. The Bertz CT molecular complexity index is 347. The van der Waals surface area contributed by atoms with Gasteiger partial charge in [-0.15, -0.1) is 0 Å². The lowest BCUT2D eigenvalue weighted by molar-refractivity contribution is 0.274. The van der Waals surface area contributed by atoms with Gasteiger partial charge in [0.2, 0.25) is 0 Å². The molecule has 15 heavy (non-hydrogen) atoms. The van der Waals surface area contributed by atoms with E-state index in [1.807, 2.05) is 0 Å². The van der Waals surface area contributed by atoms with Gasteiger partial charge in [-0.1, -0.05) is 36.7 Å². The molecule has 0 aromatic heterocycles. The summed E-state index contributed by atoms with van der Waals surface area (Å²) in [6.45, 7) is 6.15. The molecule has 1 rings (SSSR count). The van der Waals surface area contributed by atoms with Crippen LogP contribution < -0.4 is 11.3 Å². The van der Waals surface area contributed by atoms with E-state index < -0.39 is 0 Å². The average Bonchev–Trinajstić information content (AvgIpc) is 2.10. The van der Waals surface area contributed by atoms with Crippen LogP contribution in [0.4, 0.5) is 4.39 Å². The highest BCUT2D eigenvalue weighted by Gasteiger charge is 2.26. The molecule has 1 unspecified atom stereocenters. The van der Waals surface area contributed by atoms with Gasteiger partial charge in [0.1, 0.15) is 5.82 Å². The van der Waals surface area contributed by atoms with E-state index in [-0.39, 0.29) is 17.3 Å². The first-order chi connectivity index (χ1) is 6.86. The van der Waals surface area contributed by atoms with Crippen LogP contribution in [-0.2, 0) is 0 Å². The highest BCUT2D eigenvalue weighted by molar-refractivity contribution is 9.10. The molecule has 2 nitrogen and oxygen atoms in total. The molecule has 0 saturated heterocycles. The molecular weight excluding hydrogens is 259 g/mol. The van der Waals surface area contributed by atoms with Crippen molar-refractivity contribution in [2.24, 2.45) is 11.3 Å². The summed E-state index contributed by atoms with van der Waals surface area (Å²) in [6, 6.07) is 4.52. The van der Waals surface area contributed by atoms with Gasteiger partial charge in [0.05, 0.1) is 6.04 Å². The van der Waals surface area contributed by atoms with Crippen molar-refractivity contribution < 1.29 is 4.39 Å². The number of halogens is 2. The Morgan fingerprint density at radius 1 is 1.40 bits per heavy atom. The maximum Gasteiger partial charge on any atom is 0.123 e. The lowest BCUT2D eigenvalue weighted by Crippen LogP contribution is -2.37. The second kappa shape index (κ2) is 4.60. The molecular formula is C11H16BrFN2. The molecule has 84 valence electrons. The van der Waals surface area contributed by atoms with Crippen LogP contribution in [0.1, 0.15) is 32.4 Å². The second-order valence-electron chi connectivity index (χ2n) is 4.63.